The van der Waals surface area contributed by atoms with E-state index in [1.54, 1.807) is 19.2 Å². The summed E-state index contributed by atoms with van der Waals surface area (Å²) < 4.78 is 36.3. The number of hydrogen-bond acceptors (Lipinski definition) is 2. The lowest BCUT2D eigenvalue weighted by molar-refractivity contribution is -0.135. The predicted octanol–water partition coefficient (Wildman–Crippen LogP) is 3.89. The van der Waals surface area contributed by atoms with Gasteiger partial charge in [-0.15, -0.1) is 0 Å². The molecule has 6 heteroatoms. The van der Waals surface area contributed by atoms with Gasteiger partial charge >= 0.3 is 6.18 Å². The van der Waals surface area contributed by atoms with E-state index in [0.717, 1.165) is 11.3 Å². The van der Waals surface area contributed by atoms with Gasteiger partial charge in [-0.2, -0.15) is 13.2 Å². The molecule has 0 aromatic heterocycles. The summed E-state index contributed by atoms with van der Waals surface area (Å²) in [5.41, 5.74) is 2.13. The molecule has 0 saturated heterocycles. The number of carbonyl (C=O) groups is 1. The summed E-state index contributed by atoms with van der Waals surface area (Å²) in [5.74, 6) is -0.180. The zero-order valence-electron chi connectivity index (χ0n) is 12.5. The zero-order valence-corrected chi connectivity index (χ0v) is 12.5. The average Bonchev–Trinajstić information content (AvgIpc) is 2.39. The van der Waals surface area contributed by atoms with Gasteiger partial charge in [0.25, 0.3) is 5.91 Å². The van der Waals surface area contributed by atoms with Crippen molar-refractivity contribution in [3.05, 3.63) is 29.3 Å². The predicted molar refractivity (Wildman–Crippen MR) is 77.6 cm³/mol. The highest BCUT2D eigenvalue weighted by Gasteiger charge is 2.26. The summed E-state index contributed by atoms with van der Waals surface area (Å²) in [6.07, 6.45) is -4.36. The maximum Gasteiger partial charge on any atom is 0.389 e. The second-order valence-corrected chi connectivity index (χ2v) is 5.11. The highest BCUT2D eigenvalue weighted by molar-refractivity contribution is 5.96. The topological polar surface area (TPSA) is 41.1 Å². The molecular weight excluding hydrogens is 281 g/mol. The van der Waals surface area contributed by atoms with Crippen molar-refractivity contribution in [2.45, 2.75) is 45.3 Å². The van der Waals surface area contributed by atoms with Crippen LogP contribution in [0.3, 0.4) is 0 Å². The fraction of sp³-hybridized carbons (Fsp3) is 0.533. The van der Waals surface area contributed by atoms with Crippen molar-refractivity contribution in [2.24, 2.45) is 0 Å². The number of rotatable bonds is 6. The molecule has 0 aliphatic carbocycles. The molecule has 1 atom stereocenters. The lowest BCUT2D eigenvalue weighted by Crippen LogP contribution is -2.21. The van der Waals surface area contributed by atoms with E-state index in [9.17, 15) is 18.0 Å². The molecule has 0 aliphatic heterocycles. The van der Waals surface area contributed by atoms with Crippen LogP contribution < -0.4 is 10.6 Å². The number of nitrogens with one attached hydrogen (secondary N) is 2. The van der Waals surface area contributed by atoms with Gasteiger partial charge in [-0.05, 0) is 44.4 Å². The smallest absolute Gasteiger partial charge is 0.382 e. The second-order valence-electron chi connectivity index (χ2n) is 5.11. The van der Waals surface area contributed by atoms with E-state index in [-0.39, 0.29) is 18.4 Å². The summed E-state index contributed by atoms with van der Waals surface area (Å²) >= 11 is 0. The van der Waals surface area contributed by atoms with E-state index in [0.29, 0.717) is 12.0 Å². The SMILES string of the molecule is CNC(=O)c1cccc(NC(C)CCCC(F)(F)F)c1C. The van der Waals surface area contributed by atoms with Gasteiger partial charge in [0, 0.05) is 30.8 Å². The Morgan fingerprint density at radius 2 is 2.00 bits per heavy atom. The van der Waals surface area contributed by atoms with Gasteiger partial charge in [0.15, 0.2) is 0 Å². The Balaban J connectivity index is 2.64. The fourth-order valence-electron chi connectivity index (χ4n) is 2.12. The van der Waals surface area contributed by atoms with Crippen LogP contribution in [0.2, 0.25) is 0 Å². The Labute approximate surface area is 122 Å². The van der Waals surface area contributed by atoms with Crippen molar-refractivity contribution >= 4 is 11.6 Å². The lowest BCUT2D eigenvalue weighted by atomic mass is 10.0. The van der Waals surface area contributed by atoms with E-state index in [2.05, 4.69) is 10.6 Å². The molecule has 0 aliphatic rings. The number of alkyl halides is 3. The van der Waals surface area contributed by atoms with Gasteiger partial charge in [-0.3, -0.25) is 4.79 Å². The molecule has 3 nitrogen and oxygen atoms in total. The number of carbonyl (C=O) groups excluding carboxylic acids is 1. The van der Waals surface area contributed by atoms with Gasteiger partial charge in [0.1, 0.15) is 0 Å². The maximum atomic E-state index is 12.1. The number of hydrogen-bond donors (Lipinski definition) is 2. The quantitative estimate of drug-likeness (QED) is 0.837. The largest absolute Gasteiger partial charge is 0.389 e. The molecule has 2 N–H and O–H groups in total. The maximum absolute atomic E-state index is 12.1. The van der Waals surface area contributed by atoms with Crippen molar-refractivity contribution in [3.63, 3.8) is 0 Å². The Kier molecular flexibility index (Phi) is 6.05. The molecule has 0 saturated carbocycles. The van der Waals surface area contributed by atoms with Crippen LogP contribution >= 0.6 is 0 Å². The van der Waals surface area contributed by atoms with Gasteiger partial charge in [0.05, 0.1) is 0 Å². The Bertz CT molecular complexity index is 486. The highest BCUT2D eigenvalue weighted by atomic mass is 19.4. The summed E-state index contributed by atoms with van der Waals surface area (Å²) in [6.45, 7) is 3.65. The minimum absolute atomic E-state index is 0.0891. The van der Waals surface area contributed by atoms with Gasteiger partial charge in [-0.1, -0.05) is 6.07 Å². The number of anilines is 1. The fourth-order valence-corrected chi connectivity index (χ4v) is 2.12. The van der Waals surface area contributed by atoms with Crippen LogP contribution in [0.5, 0.6) is 0 Å². The molecule has 118 valence electrons. The highest BCUT2D eigenvalue weighted by Crippen LogP contribution is 2.24. The molecule has 0 spiro atoms. The van der Waals surface area contributed by atoms with E-state index >= 15 is 0 Å². The molecule has 0 heterocycles. The van der Waals surface area contributed by atoms with Crippen LogP contribution in [-0.2, 0) is 0 Å². The third kappa shape index (κ3) is 5.65. The molecule has 1 aromatic carbocycles. The summed E-state index contributed by atoms with van der Waals surface area (Å²) in [4.78, 5) is 11.7. The normalized spacial score (nSPS) is 12.9. The molecule has 1 unspecified atom stereocenters. The zero-order chi connectivity index (χ0) is 16.0. The van der Waals surface area contributed by atoms with E-state index in [1.807, 2.05) is 19.9 Å². The molecule has 1 aromatic rings. The second kappa shape index (κ2) is 7.33. The molecule has 0 bridgehead atoms. The average molecular weight is 302 g/mol. The molecular formula is C15H21F3N2O. The van der Waals surface area contributed by atoms with Crippen molar-refractivity contribution in [2.75, 3.05) is 12.4 Å². The van der Waals surface area contributed by atoms with Crippen LogP contribution in [-0.4, -0.2) is 25.2 Å². The number of amides is 1. The summed E-state index contributed by atoms with van der Waals surface area (Å²) in [7, 11) is 1.56. The van der Waals surface area contributed by atoms with Crippen LogP contribution in [0.15, 0.2) is 18.2 Å². The van der Waals surface area contributed by atoms with Crippen LogP contribution in [0.4, 0.5) is 18.9 Å². The van der Waals surface area contributed by atoms with Crippen molar-refractivity contribution in [1.29, 1.82) is 0 Å². The van der Waals surface area contributed by atoms with Crippen LogP contribution in [0.1, 0.15) is 42.1 Å². The minimum atomic E-state index is -4.10. The molecule has 1 amide bonds. The summed E-state index contributed by atoms with van der Waals surface area (Å²) in [5, 5.41) is 5.73. The van der Waals surface area contributed by atoms with Crippen molar-refractivity contribution in [1.82, 2.24) is 5.32 Å². The molecule has 1 rings (SSSR count). The van der Waals surface area contributed by atoms with E-state index in [1.165, 1.54) is 0 Å². The first-order chi connectivity index (χ1) is 9.74. The number of halogens is 3. The standard InChI is InChI=1S/C15H21F3N2O/c1-10(6-5-9-15(16,17)18)20-13-8-4-7-12(11(13)2)14(21)19-3/h4,7-8,10,20H,5-6,9H2,1-3H3,(H,19,21). The molecule has 0 fully saturated rings. The Hall–Kier alpha value is -1.72. The lowest BCUT2D eigenvalue weighted by Gasteiger charge is -2.18. The van der Waals surface area contributed by atoms with E-state index < -0.39 is 12.6 Å². The first-order valence-corrected chi connectivity index (χ1v) is 6.89. The number of benzene rings is 1. The first kappa shape index (κ1) is 17.3. The first-order valence-electron chi connectivity index (χ1n) is 6.89. The van der Waals surface area contributed by atoms with Crippen LogP contribution in [0, 0.1) is 6.92 Å². The minimum Gasteiger partial charge on any atom is -0.382 e. The Morgan fingerprint density at radius 1 is 1.33 bits per heavy atom. The van der Waals surface area contributed by atoms with Gasteiger partial charge in [-0.25, -0.2) is 0 Å². The van der Waals surface area contributed by atoms with Crippen molar-refractivity contribution < 1.29 is 18.0 Å². The Morgan fingerprint density at radius 3 is 2.57 bits per heavy atom. The third-order valence-corrected chi connectivity index (χ3v) is 3.30. The van der Waals surface area contributed by atoms with Crippen molar-refractivity contribution in [3.8, 4) is 0 Å². The monoisotopic (exact) mass is 302 g/mol. The molecule has 21 heavy (non-hydrogen) atoms. The van der Waals surface area contributed by atoms with Gasteiger partial charge in [0.2, 0.25) is 0 Å². The van der Waals surface area contributed by atoms with Crippen LogP contribution in [0.25, 0.3) is 0 Å². The molecule has 0 radical (unpaired) electrons. The van der Waals surface area contributed by atoms with E-state index in [4.69, 9.17) is 0 Å². The summed E-state index contributed by atoms with van der Waals surface area (Å²) in [6, 6.07) is 5.20. The van der Waals surface area contributed by atoms with Gasteiger partial charge < -0.3 is 10.6 Å². The third-order valence-electron chi connectivity index (χ3n) is 3.30.